The van der Waals surface area contributed by atoms with Gasteiger partial charge >= 0.3 is 0 Å². The number of rotatable bonds is 1. The molecule has 0 saturated heterocycles. The van der Waals surface area contributed by atoms with Crippen molar-refractivity contribution in [3.63, 3.8) is 0 Å². The summed E-state index contributed by atoms with van der Waals surface area (Å²) in [5, 5.41) is 3.35. The number of aromatic nitrogens is 1. The van der Waals surface area contributed by atoms with Crippen LogP contribution in [0.5, 0.6) is 0 Å². The molecule has 0 aliphatic carbocycles. The zero-order valence-corrected chi connectivity index (χ0v) is 9.79. The lowest BCUT2D eigenvalue weighted by molar-refractivity contribution is 1.40. The van der Waals surface area contributed by atoms with Gasteiger partial charge in [0.05, 0.1) is 5.52 Å². The number of hydrogen-bond donors (Lipinski definition) is 0. The molecule has 78 valence electrons. The minimum atomic E-state index is 1.07. The standard InChI is InChI=1S/C14H11NS/c1-10-4-5-13-12(9-10)11(6-7-15-13)14-3-2-8-16-14/h2-9H,1H3. The first-order chi connectivity index (χ1) is 7.84. The van der Waals surface area contributed by atoms with Gasteiger partial charge in [-0.2, -0.15) is 0 Å². The van der Waals surface area contributed by atoms with Crippen LogP contribution in [-0.2, 0) is 0 Å². The molecule has 0 fully saturated rings. The fraction of sp³-hybridized carbons (Fsp3) is 0.0714. The summed E-state index contributed by atoms with van der Waals surface area (Å²) in [5.41, 5.74) is 3.62. The highest BCUT2D eigenvalue weighted by Gasteiger charge is 2.04. The highest BCUT2D eigenvalue weighted by Crippen LogP contribution is 2.31. The minimum Gasteiger partial charge on any atom is -0.256 e. The van der Waals surface area contributed by atoms with Gasteiger partial charge in [0.15, 0.2) is 0 Å². The number of fused-ring (bicyclic) bond motifs is 1. The Hall–Kier alpha value is -1.67. The molecule has 0 aliphatic heterocycles. The van der Waals surface area contributed by atoms with Crippen molar-refractivity contribution < 1.29 is 0 Å². The van der Waals surface area contributed by atoms with Crippen LogP contribution in [0.3, 0.4) is 0 Å². The largest absolute Gasteiger partial charge is 0.256 e. The molecule has 0 N–H and O–H groups in total. The molecule has 0 bridgehead atoms. The van der Waals surface area contributed by atoms with Gasteiger partial charge in [-0.1, -0.05) is 17.7 Å². The molecule has 2 heteroatoms. The molecule has 0 spiro atoms. The summed E-state index contributed by atoms with van der Waals surface area (Å²) < 4.78 is 0. The van der Waals surface area contributed by atoms with Crippen molar-refractivity contribution in [3.05, 3.63) is 53.5 Å². The SMILES string of the molecule is Cc1ccc2nccc(-c3cccs3)c2c1. The zero-order valence-electron chi connectivity index (χ0n) is 8.97. The van der Waals surface area contributed by atoms with E-state index in [2.05, 4.69) is 53.7 Å². The van der Waals surface area contributed by atoms with E-state index in [0.29, 0.717) is 0 Å². The normalized spacial score (nSPS) is 10.8. The highest BCUT2D eigenvalue weighted by atomic mass is 32.1. The van der Waals surface area contributed by atoms with Crippen LogP contribution in [0.4, 0.5) is 0 Å². The van der Waals surface area contributed by atoms with E-state index in [4.69, 9.17) is 0 Å². The molecule has 0 unspecified atom stereocenters. The molecule has 1 nitrogen and oxygen atoms in total. The van der Waals surface area contributed by atoms with Crippen molar-refractivity contribution in [2.75, 3.05) is 0 Å². The number of thiophene rings is 1. The van der Waals surface area contributed by atoms with Crippen molar-refractivity contribution in [2.45, 2.75) is 6.92 Å². The van der Waals surface area contributed by atoms with Crippen LogP contribution in [-0.4, -0.2) is 4.98 Å². The second kappa shape index (κ2) is 3.72. The maximum absolute atomic E-state index is 4.40. The molecule has 16 heavy (non-hydrogen) atoms. The maximum atomic E-state index is 4.40. The summed E-state index contributed by atoms with van der Waals surface area (Å²) in [5.74, 6) is 0. The summed E-state index contributed by atoms with van der Waals surface area (Å²) in [6.07, 6.45) is 1.88. The Bertz CT molecular complexity index is 626. The Balaban J connectivity index is 2.36. The van der Waals surface area contributed by atoms with Crippen LogP contribution in [0.15, 0.2) is 48.0 Å². The molecule has 0 amide bonds. The van der Waals surface area contributed by atoms with Crippen LogP contribution in [0.1, 0.15) is 5.56 Å². The molecule has 0 radical (unpaired) electrons. The van der Waals surface area contributed by atoms with E-state index >= 15 is 0 Å². The number of nitrogens with zero attached hydrogens (tertiary/aromatic N) is 1. The summed E-state index contributed by atoms with van der Waals surface area (Å²) in [6.45, 7) is 2.12. The monoisotopic (exact) mass is 225 g/mol. The molecule has 2 heterocycles. The average Bonchev–Trinajstić information content (AvgIpc) is 2.81. The Morgan fingerprint density at radius 1 is 1.12 bits per heavy atom. The summed E-state index contributed by atoms with van der Waals surface area (Å²) >= 11 is 1.77. The number of aryl methyl sites for hydroxylation is 1. The predicted molar refractivity (Wildman–Crippen MR) is 69.8 cm³/mol. The molecular weight excluding hydrogens is 214 g/mol. The van der Waals surface area contributed by atoms with Gasteiger partial charge in [0, 0.05) is 22.0 Å². The average molecular weight is 225 g/mol. The predicted octanol–water partition coefficient (Wildman–Crippen LogP) is 4.27. The van der Waals surface area contributed by atoms with Crippen molar-refractivity contribution >= 4 is 22.2 Å². The quantitative estimate of drug-likeness (QED) is 0.602. The van der Waals surface area contributed by atoms with Gasteiger partial charge in [0.2, 0.25) is 0 Å². The first kappa shape index (κ1) is 9.55. The minimum absolute atomic E-state index is 1.07. The van der Waals surface area contributed by atoms with E-state index < -0.39 is 0 Å². The molecule has 1 aromatic carbocycles. The zero-order chi connectivity index (χ0) is 11.0. The molecule has 0 atom stereocenters. The fourth-order valence-corrected chi connectivity index (χ4v) is 2.67. The molecule has 3 aromatic rings. The summed E-state index contributed by atoms with van der Waals surface area (Å²) in [4.78, 5) is 5.70. The Morgan fingerprint density at radius 3 is 2.88 bits per heavy atom. The van der Waals surface area contributed by atoms with Crippen LogP contribution in [0.2, 0.25) is 0 Å². The first-order valence-corrected chi connectivity index (χ1v) is 6.12. The summed E-state index contributed by atoms with van der Waals surface area (Å²) in [6, 6.07) is 12.7. The van der Waals surface area contributed by atoms with E-state index in [0.717, 1.165) is 5.52 Å². The van der Waals surface area contributed by atoms with Gasteiger partial charge < -0.3 is 0 Å². The van der Waals surface area contributed by atoms with E-state index in [1.54, 1.807) is 11.3 Å². The lowest BCUT2D eigenvalue weighted by Gasteiger charge is -2.04. The van der Waals surface area contributed by atoms with E-state index in [-0.39, 0.29) is 0 Å². The van der Waals surface area contributed by atoms with Crippen molar-refractivity contribution in [1.29, 1.82) is 0 Å². The highest BCUT2D eigenvalue weighted by molar-refractivity contribution is 7.13. The fourth-order valence-electron chi connectivity index (χ4n) is 1.91. The smallest absolute Gasteiger partial charge is 0.0708 e. The van der Waals surface area contributed by atoms with E-state index in [1.165, 1.54) is 21.4 Å². The van der Waals surface area contributed by atoms with Crippen molar-refractivity contribution in [1.82, 2.24) is 4.98 Å². The van der Waals surface area contributed by atoms with Gasteiger partial charge in [-0.15, -0.1) is 11.3 Å². The maximum Gasteiger partial charge on any atom is 0.0708 e. The Labute approximate surface area is 98.4 Å². The molecule has 0 aliphatic rings. The lowest BCUT2D eigenvalue weighted by Crippen LogP contribution is -1.83. The van der Waals surface area contributed by atoms with Crippen LogP contribution >= 0.6 is 11.3 Å². The third-order valence-electron chi connectivity index (χ3n) is 2.68. The number of hydrogen-bond acceptors (Lipinski definition) is 2. The van der Waals surface area contributed by atoms with Gasteiger partial charge in [-0.05, 0) is 36.6 Å². The van der Waals surface area contributed by atoms with Gasteiger partial charge in [-0.25, -0.2) is 0 Å². The molecule has 2 aromatic heterocycles. The second-order valence-corrected chi connectivity index (χ2v) is 4.80. The van der Waals surface area contributed by atoms with Gasteiger partial charge in [0.1, 0.15) is 0 Å². The van der Waals surface area contributed by atoms with Crippen LogP contribution in [0.25, 0.3) is 21.3 Å². The van der Waals surface area contributed by atoms with Crippen LogP contribution < -0.4 is 0 Å². The molecule has 3 rings (SSSR count). The first-order valence-electron chi connectivity index (χ1n) is 5.24. The second-order valence-electron chi connectivity index (χ2n) is 3.86. The van der Waals surface area contributed by atoms with Crippen molar-refractivity contribution in [3.8, 4) is 10.4 Å². The van der Waals surface area contributed by atoms with E-state index in [1.807, 2.05) is 6.20 Å². The number of benzene rings is 1. The third kappa shape index (κ3) is 1.51. The lowest BCUT2D eigenvalue weighted by atomic mass is 10.1. The van der Waals surface area contributed by atoms with Crippen LogP contribution in [0, 0.1) is 6.92 Å². The molecular formula is C14H11NS. The van der Waals surface area contributed by atoms with Crippen molar-refractivity contribution in [2.24, 2.45) is 0 Å². The summed E-state index contributed by atoms with van der Waals surface area (Å²) in [7, 11) is 0. The topological polar surface area (TPSA) is 12.9 Å². The van der Waals surface area contributed by atoms with E-state index in [9.17, 15) is 0 Å². The Morgan fingerprint density at radius 2 is 2.06 bits per heavy atom. The number of pyridine rings is 1. The third-order valence-corrected chi connectivity index (χ3v) is 3.59. The van der Waals surface area contributed by atoms with Gasteiger partial charge in [-0.3, -0.25) is 4.98 Å². The Kier molecular flexibility index (Phi) is 2.22. The molecule has 0 saturated carbocycles. The van der Waals surface area contributed by atoms with Gasteiger partial charge in [0.25, 0.3) is 0 Å².